The third kappa shape index (κ3) is 5.78. The molecule has 0 spiro atoms. The van der Waals surface area contributed by atoms with E-state index in [0.717, 1.165) is 5.56 Å². The molecule has 1 aromatic carbocycles. The van der Waals surface area contributed by atoms with Crippen molar-refractivity contribution in [3.8, 4) is 0 Å². The van der Waals surface area contributed by atoms with Crippen molar-refractivity contribution in [2.75, 3.05) is 6.54 Å². The van der Waals surface area contributed by atoms with E-state index in [1.165, 1.54) is 4.90 Å². The number of nitrogens with two attached hydrogens (primary N) is 2. The van der Waals surface area contributed by atoms with Gasteiger partial charge in [-0.05, 0) is 24.8 Å². The second kappa shape index (κ2) is 9.84. The van der Waals surface area contributed by atoms with Gasteiger partial charge in [0.05, 0.1) is 6.04 Å². The summed E-state index contributed by atoms with van der Waals surface area (Å²) in [5, 5.41) is 11.4. The van der Waals surface area contributed by atoms with Crippen LogP contribution in [0, 0.1) is 0 Å². The second-order valence-electron chi connectivity index (χ2n) is 6.88. The Kier molecular flexibility index (Phi) is 7.51. The van der Waals surface area contributed by atoms with Gasteiger partial charge in [0.25, 0.3) is 0 Å². The van der Waals surface area contributed by atoms with E-state index in [-0.39, 0.29) is 19.3 Å². The lowest BCUT2D eigenvalue weighted by atomic mass is 10.0. The average molecular weight is 390 g/mol. The van der Waals surface area contributed by atoms with Crippen molar-refractivity contribution < 1.29 is 24.3 Å². The number of rotatable bonds is 9. The van der Waals surface area contributed by atoms with Crippen LogP contribution in [0.5, 0.6) is 0 Å². The number of primary amides is 1. The Balaban J connectivity index is 2.01. The van der Waals surface area contributed by atoms with Crippen LogP contribution in [0.2, 0.25) is 0 Å². The molecule has 152 valence electrons. The lowest BCUT2D eigenvalue weighted by Crippen LogP contribution is -2.55. The van der Waals surface area contributed by atoms with Crippen molar-refractivity contribution in [2.45, 2.75) is 50.2 Å². The molecular formula is C19H26N4O5. The molecule has 1 aliphatic rings. The van der Waals surface area contributed by atoms with E-state index in [1.54, 1.807) is 0 Å². The molecule has 0 radical (unpaired) electrons. The van der Waals surface area contributed by atoms with Crippen molar-refractivity contribution in [2.24, 2.45) is 11.5 Å². The van der Waals surface area contributed by atoms with Gasteiger partial charge in [-0.25, -0.2) is 0 Å². The number of aliphatic carboxylic acids is 1. The molecule has 1 saturated heterocycles. The normalized spacial score (nSPS) is 18.3. The number of nitrogens with one attached hydrogen (secondary N) is 1. The van der Waals surface area contributed by atoms with Crippen LogP contribution in [-0.2, 0) is 25.6 Å². The van der Waals surface area contributed by atoms with Crippen LogP contribution in [0.1, 0.15) is 31.2 Å². The van der Waals surface area contributed by atoms with Crippen LogP contribution in [0.25, 0.3) is 0 Å². The fraction of sp³-hybridized carbons (Fsp3) is 0.474. The highest BCUT2D eigenvalue weighted by atomic mass is 16.4. The van der Waals surface area contributed by atoms with Crippen LogP contribution in [0.15, 0.2) is 30.3 Å². The predicted octanol–water partition coefficient (Wildman–Crippen LogP) is -0.618. The van der Waals surface area contributed by atoms with E-state index < -0.39 is 41.8 Å². The number of carbonyl (C=O) groups is 4. The minimum Gasteiger partial charge on any atom is -0.481 e. The van der Waals surface area contributed by atoms with Gasteiger partial charge in [0.15, 0.2) is 0 Å². The van der Waals surface area contributed by atoms with E-state index in [0.29, 0.717) is 19.4 Å². The number of hydrogen-bond donors (Lipinski definition) is 4. The van der Waals surface area contributed by atoms with Crippen LogP contribution in [0.3, 0.4) is 0 Å². The molecule has 0 saturated carbocycles. The summed E-state index contributed by atoms with van der Waals surface area (Å²) in [4.78, 5) is 49.0. The minimum atomic E-state index is -1.04. The highest BCUT2D eigenvalue weighted by Gasteiger charge is 2.37. The average Bonchev–Trinajstić information content (AvgIpc) is 3.15. The monoisotopic (exact) mass is 390 g/mol. The molecule has 3 amide bonds. The van der Waals surface area contributed by atoms with Crippen LogP contribution in [-0.4, -0.2) is 58.4 Å². The fourth-order valence-corrected chi connectivity index (χ4v) is 3.26. The Morgan fingerprint density at radius 2 is 1.89 bits per heavy atom. The van der Waals surface area contributed by atoms with E-state index in [9.17, 15) is 19.2 Å². The highest BCUT2D eigenvalue weighted by Crippen LogP contribution is 2.19. The lowest BCUT2D eigenvalue weighted by molar-refractivity contribution is -0.141. The van der Waals surface area contributed by atoms with Crippen molar-refractivity contribution in [1.82, 2.24) is 10.2 Å². The number of hydrogen-bond acceptors (Lipinski definition) is 5. The summed E-state index contributed by atoms with van der Waals surface area (Å²) in [6.07, 6.45) is 1.09. The van der Waals surface area contributed by atoms with E-state index in [1.807, 2.05) is 30.3 Å². The predicted molar refractivity (Wildman–Crippen MR) is 101 cm³/mol. The molecule has 0 bridgehead atoms. The maximum absolute atomic E-state index is 12.7. The van der Waals surface area contributed by atoms with E-state index in [2.05, 4.69) is 5.32 Å². The summed E-state index contributed by atoms with van der Waals surface area (Å²) in [6.45, 7) is 0.359. The second-order valence-corrected chi connectivity index (χ2v) is 6.88. The lowest BCUT2D eigenvalue weighted by Gasteiger charge is -2.28. The van der Waals surface area contributed by atoms with Crippen molar-refractivity contribution >= 4 is 23.7 Å². The van der Waals surface area contributed by atoms with Gasteiger partial charge in [-0.15, -0.1) is 0 Å². The summed E-state index contributed by atoms with van der Waals surface area (Å²) in [5.41, 5.74) is 12.1. The number of amides is 3. The van der Waals surface area contributed by atoms with Gasteiger partial charge in [-0.2, -0.15) is 0 Å². The van der Waals surface area contributed by atoms with E-state index in [4.69, 9.17) is 16.6 Å². The maximum Gasteiger partial charge on any atom is 0.303 e. The Bertz CT molecular complexity index is 724. The molecule has 1 aromatic rings. The molecule has 0 unspecified atom stereocenters. The Morgan fingerprint density at radius 3 is 2.50 bits per heavy atom. The molecule has 9 nitrogen and oxygen atoms in total. The third-order valence-corrected chi connectivity index (χ3v) is 4.77. The Labute approximate surface area is 163 Å². The summed E-state index contributed by atoms with van der Waals surface area (Å²) in [7, 11) is 0. The molecule has 9 heteroatoms. The number of benzene rings is 1. The fourth-order valence-electron chi connectivity index (χ4n) is 3.26. The molecule has 3 atom stereocenters. The standard InChI is InChI=1S/C19H26N4O5/c20-13(8-9-16(24)25)19(28)23-10-4-7-15(23)18(27)22-14(17(21)26)11-12-5-2-1-3-6-12/h1-3,5-6,13-15H,4,7-11,20H2,(H2,21,26)(H,22,27)(H,24,25)/t13-,14-,15-/m0/s1. The molecule has 28 heavy (non-hydrogen) atoms. The maximum atomic E-state index is 12.7. The zero-order valence-electron chi connectivity index (χ0n) is 15.5. The topological polar surface area (TPSA) is 156 Å². The molecular weight excluding hydrogens is 364 g/mol. The van der Waals surface area contributed by atoms with Gasteiger partial charge >= 0.3 is 5.97 Å². The van der Waals surface area contributed by atoms with Crippen molar-refractivity contribution in [3.05, 3.63) is 35.9 Å². The first-order valence-corrected chi connectivity index (χ1v) is 9.21. The number of nitrogens with zero attached hydrogens (tertiary/aromatic N) is 1. The molecule has 1 heterocycles. The molecule has 1 fully saturated rings. The van der Waals surface area contributed by atoms with Gasteiger partial charge in [0, 0.05) is 19.4 Å². The minimum absolute atomic E-state index is 0.00305. The first-order chi connectivity index (χ1) is 13.3. The van der Waals surface area contributed by atoms with Gasteiger partial charge in [0.2, 0.25) is 17.7 Å². The summed E-state index contributed by atoms with van der Waals surface area (Å²) in [6, 6.07) is 6.52. The molecule has 6 N–H and O–H groups in total. The van der Waals surface area contributed by atoms with Gasteiger partial charge in [0.1, 0.15) is 12.1 Å². The first-order valence-electron chi connectivity index (χ1n) is 9.21. The van der Waals surface area contributed by atoms with Gasteiger partial charge < -0.3 is 26.8 Å². The molecule has 1 aliphatic heterocycles. The largest absolute Gasteiger partial charge is 0.481 e. The van der Waals surface area contributed by atoms with Crippen LogP contribution >= 0.6 is 0 Å². The number of carbonyl (C=O) groups excluding carboxylic acids is 3. The van der Waals surface area contributed by atoms with E-state index >= 15 is 0 Å². The van der Waals surface area contributed by atoms with Gasteiger partial charge in [-0.3, -0.25) is 19.2 Å². The molecule has 0 aliphatic carbocycles. The Hall–Kier alpha value is -2.94. The summed E-state index contributed by atoms with van der Waals surface area (Å²) in [5.74, 6) is -2.62. The number of carboxylic acids is 1. The van der Waals surface area contributed by atoms with Gasteiger partial charge in [-0.1, -0.05) is 30.3 Å². The summed E-state index contributed by atoms with van der Waals surface area (Å²) < 4.78 is 0. The Morgan fingerprint density at radius 1 is 1.21 bits per heavy atom. The zero-order chi connectivity index (χ0) is 20.7. The summed E-state index contributed by atoms with van der Waals surface area (Å²) >= 11 is 0. The quantitative estimate of drug-likeness (QED) is 0.440. The third-order valence-electron chi connectivity index (χ3n) is 4.77. The van der Waals surface area contributed by atoms with Crippen molar-refractivity contribution in [3.63, 3.8) is 0 Å². The molecule has 0 aromatic heterocycles. The smallest absolute Gasteiger partial charge is 0.303 e. The van der Waals surface area contributed by atoms with Crippen LogP contribution in [0.4, 0.5) is 0 Å². The first kappa shape index (κ1) is 21.4. The number of carboxylic acid groups (broad SMARTS) is 1. The zero-order valence-corrected chi connectivity index (χ0v) is 15.5. The SMILES string of the molecule is NC(=O)[C@H](Cc1ccccc1)NC(=O)[C@@H]1CCCN1C(=O)[C@@H](N)CCC(=O)O. The highest BCUT2D eigenvalue weighted by molar-refractivity contribution is 5.93. The molecule has 2 rings (SSSR count). The van der Waals surface area contributed by atoms with Crippen molar-refractivity contribution in [1.29, 1.82) is 0 Å². The van der Waals surface area contributed by atoms with Crippen LogP contribution < -0.4 is 16.8 Å². The number of likely N-dealkylation sites (tertiary alicyclic amines) is 1.